The van der Waals surface area contributed by atoms with Gasteiger partial charge in [-0.25, -0.2) is 0 Å². The highest BCUT2D eigenvalue weighted by Crippen LogP contribution is 1.94. The van der Waals surface area contributed by atoms with Crippen LogP contribution in [0.4, 0.5) is 0 Å². The molecule has 0 N–H and O–H groups in total. The predicted molar refractivity (Wildman–Crippen MR) is 47.6 cm³/mol. The topological polar surface area (TPSA) is 12.4 Å². The summed E-state index contributed by atoms with van der Waals surface area (Å²) in [6.07, 6.45) is 2.82. The van der Waals surface area contributed by atoms with Crippen LogP contribution in [-0.4, -0.2) is 12.3 Å². The summed E-state index contributed by atoms with van der Waals surface area (Å²) >= 11 is 0. The minimum atomic E-state index is 0.869. The van der Waals surface area contributed by atoms with E-state index in [0.717, 1.165) is 24.3 Å². The van der Waals surface area contributed by atoms with Gasteiger partial charge in [-0.2, -0.15) is 0 Å². The van der Waals surface area contributed by atoms with E-state index in [9.17, 15) is 0 Å². The van der Waals surface area contributed by atoms with E-state index in [1.165, 1.54) is 0 Å². The first-order chi connectivity index (χ1) is 4.72. The molecule has 0 bridgehead atoms. The quantitative estimate of drug-likeness (QED) is 0.528. The van der Waals surface area contributed by atoms with Crippen molar-refractivity contribution in [1.82, 2.24) is 0 Å². The molecule has 1 heteroatoms. The Labute approximate surface area is 63.2 Å². The molecule has 56 valence electrons. The molecule has 0 rings (SSSR count). The molecule has 0 atom stereocenters. The Hall–Kier alpha value is -0.850. The predicted octanol–water partition coefficient (Wildman–Crippen LogP) is 2.60. The Bertz CT molecular complexity index is 154. The average molecular weight is 137 g/mol. The molecular formula is C9H15N. The lowest BCUT2D eigenvalue weighted by atomic mass is 10.2. The number of aliphatic imine (C=N–C) groups is 1. The van der Waals surface area contributed by atoms with E-state index in [1.807, 2.05) is 6.92 Å². The van der Waals surface area contributed by atoms with E-state index >= 15 is 0 Å². The standard InChI is InChI=1S/C9H15N/c1-5-7-10-9(6-2)8(3)4/h6H,2-3,5,7H2,1,4H3. The molecule has 0 aliphatic rings. The first-order valence-corrected chi connectivity index (χ1v) is 3.55. The van der Waals surface area contributed by atoms with Gasteiger partial charge in [0.25, 0.3) is 0 Å². The molecule has 0 radical (unpaired) electrons. The third-order valence-electron chi connectivity index (χ3n) is 1.14. The Balaban J connectivity index is 4.04. The molecule has 1 nitrogen and oxygen atoms in total. The second-order valence-electron chi connectivity index (χ2n) is 2.25. The van der Waals surface area contributed by atoms with Gasteiger partial charge in [0.05, 0.1) is 5.71 Å². The number of rotatable bonds is 4. The molecule has 0 heterocycles. The first-order valence-electron chi connectivity index (χ1n) is 3.55. The SMILES string of the molecule is C=CC(=NCCC)C(=C)C. The van der Waals surface area contributed by atoms with Gasteiger partial charge in [-0.15, -0.1) is 0 Å². The number of hydrogen-bond acceptors (Lipinski definition) is 1. The van der Waals surface area contributed by atoms with Gasteiger partial charge >= 0.3 is 0 Å². The molecule has 0 aromatic heterocycles. The third-order valence-corrected chi connectivity index (χ3v) is 1.14. The maximum atomic E-state index is 4.26. The monoisotopic (exact) mass is 137 g/mol. The van der Waals surface area contributed by atoms with Gasteiger partial charge in [-0.1, -0.05) is 20.1 Å². The second-order valence-corrected chi connectivity index (χ2v) is 2.25. The van der Waals surface area contributed by atoms with Crippen LogP contribution in [0.25, 0.3) is 0 Å². The van der Waals surface area contributed by atoms with Crippen molar-refractivity contribution in [1.29, 1.82) is 0 Å². The first kappa shape index (κ1) is 9.15. The molecule has 10 heavy (non-hydrogen) atoms. The summed E-state index contributed by atoms with van der Waals surface area (Å²) in [6.45, 7) is 12.3. The van der Waals surface area contributed by atoms with E-state index in [0.29, 0.717) is 0 Å². The van der Waals surface area contributed by atoms with Crippen molar-refractivity contribution in [3.8, 4) is 0 Å². The summed E-state index contributed by atoms with van der Waals surface area (Å²) < 4.78 is 0. The lowest BCUT2D eigenvalue weighted by Crippen LogP contribution is -1.94. The van der Waals surface area contributed by atoms with Crippen LogP contribution < -0.4 is 0 Å². The van der Waals surface area contributed by atoms with Crippen molar-refractivity contribution in [3.63, 3.8) is 0 Å². The lowest BCUT2D eigenvalue weighted by Gasteiger charge is -1.97. The Morgan fingerprint density at radius 2 is 2.20 bits per heavy atom. The van der Waals surface area contributed by atoms with Crippen LogP contribution in [-0.2, 0) is 0 Å². The van der Waals surface area contributed by atoms with Crippen molar-refractivity contribution in [3.05, 3.63) is 24.8 Å². The molecule has 0 spiro atoms. The normalized spacial score (nSPS) is 11.2. The summed E-state index contributed by atoms with van der Waals surface area (Å²) in [6, 6.07) is 0. The maximum Gasteiger partial charge on any atom is 0.0591 e. The van der Waals surface area contributed by atoms with Gasteiger partial charge < -0.3 is 0 Å². The fraction of sp³-hybridized carbons (Fsp3) is 0.444. The summed E-state index contributed by atoms with van der Waals surface area (Å²) in [5.41, 5.74) is 1.92. The molecule has 0 saturated carbocycles. The van der Waals surface area contributed by atoms with Crippen LogP contribution in [0.1, 0.15) is 20.3 Å². The van der Waals surface area contributed by atoms with Crippen LogP contribution in [0.15, 0.2) is 29.8 Å². The van der Waals surface area contributed by atoms with E-state index in [4.69, 9.17) is 0 Å². The van der Waals surface area contributed by atoms with E-state index in [2.05, 4.69) is 25.1 Å². The van der Waals surface area contributed by atoms with Gasteiger partial charge in [0.2, 0.25) is 0 Å². The molecule has 0 unspecified atom stereocenters. The zero-order chi connectivity index (χ0) is 7.98. The lowest BCUT2D eigenvalue weighted by molar-refractivity contribution is 0.933. The zero-order valence-electron chi connectivity index (χ0n) is 6.85. The highest BCUT2D eigenvalue weighted by molar-refractivity contribution is 6.07. The Morgan fingerprint density at radius 1 is 1.60 bits per heavy atom. The highest BCUT2D eigenvalue weighted by Gasteiger charge is 1.90. The number of hydrogen-bond donors (Lipinski definition) is 0. The average Bonchev–Trinajstić information content (AvgIpc) is 1.89. The van der Waals surface area contributed by atoms with Crippen molar-refractivity contribution < 1.29 is 0 Å². The van der Waals surface area contributed by atoms with E-state index in [1.54, 1.807) is 6.08 Å². The summed E-state index contributed by atoms with van der Waals surface area (Å²) in [4.78, 5) is 4.26. The fourth-order valence-electron chi connectivity index (χ4n) is 0.606. The molecule has 0 amide bonds. The summed E-state index contributed by atoms with van der Waals surface area (Å²) in [7, 11) is 0. The second kappa shape index (κ2) is 4.98. The summed E-state index contributed by atoms with van der Waals surface area (Å²) in [5, 5.41) is 0. The highest BCUT2D eigenvalue weighted by atomic mass is 14.7. The van der Waals surface area contributed by atoms with Crippen LogP contribution >= 0.6 is 0 Å². The minimum absolute atomic E-state index is 0.869. The van der Waals surface area contributed by atoms with E-state index in [-0.39, 0.29) is 0 Å². The van der Waals surface area contributed by atoms with Crippen LogP contribution in [0, 0.1) is 0 Å². The molecule has 0 fully saturated rings. The molecule has 0 aromatic carbocycles. The molecule has 0 aromatic rings. The van der Waals surface area contributed by atoms with Gasteiger partial charge in [-0.3, -0.25) is 4.99 Å². The van der Waals surface area contributed by atoms with Gasteiger partial charge in [0.15, 0.2) is 0 Å². The molecule has 0 aliphatic heterocycles. The fourth-order valence-corrected chi connectivity index (χ4v) is 0.606. The third kappa shape index (κ3) is 3.23. The van der Waals surface area contributed by atoms with Crippen molar-refractivity contribution in [2.75, 3.05) is 6.54 Å². The van der Waals surface area contributed by atoms with E-state index < -0.39 is 0 Å². The van der Waals surface area contributed by atoms with Gasteiger partial charge in [0.1, 0.15) is 0 Å². The Morgan fingerprint density at radius 3 is 2.50 bits per heavy atom. The van der Waals surface area contributed by atoms with Crippen molar-refractivity contribution in [2.24, 2.45) is 4.99 Å². The van der Waals surface area contributed by atoms with Gasteiger partial charge in [0, 0.05) is 6.54 Å². The van der Waals surface area contributed by atoms with Gasteiger partial charge in [-0.05, 0) is 25.0 Å². The maximum absolute atomic E-state index is 4.26. The zero-order valence-corrected chi connectivity index (χ0v) is 6.85. The van der Waals surface area contributed by atoms with Crippen molar-refractivity contribution >= 4 is 5.71 Å². The largest absolute Gasteiger partial charge is 0.285 e. The minimum Gasteiger partial charge on any atom is -0.285 e. The Kier molecular flexibility index (Phi) is 4.55. The summed E-state index contributed by atoms with van der Waals surface area (Å²) in [5.74, 6) is 0. The van der Waals surface area contributed by atoms with Crippen LogP contribution in [0.2, 0.25) is 0 Å². The molecule has 0 aliphatic carbocycles. The van der Waals surface area contributed by atoms with Crippen LogP contribution in [0.3, 0.4) is 0 Å². The number of nitrogens with zero attached hydrogens (tertiary/aromatic N) is 1. The number of allylic oxidation sites excluding steroid dienone is 2. The molecular weight excluding hydrogens is 122 g/mol. The van der Waals surface area contributed by atoms with Crippen LogP contribution in [0.5, 0.6) is 0 Å². The van der Waals surface area contributed by atoms with Crippen molar-refractivity contribution in [2.45, 2.75) is 20.3 Å². The smallest absolute Gasteiger partial charge is 0.0591 e. The molecule has 0 saturated heterocycles.